The molecule has 1 fully saturated rings. The van der Waals surface area contributed by atoms with Crippen molar-refractivity contribution in [1.82, 2.24) is 10.3 Å². The van der Waals surface area contributed by atoms with Crippen molar-refractivity contribution < 1.29 is 13.9 Å². The number of carbonyl (C=O) groups excluding carboxylic acids is 1. The second-order valence-corrected chi connectivity index (χ2v) is 8.76. The lowest BCUT2D eigenvalue weighted by Gasteiger charge is -2.50. The second-order valence-electron chi connectivity index (χ2n) is 7.33. The van der Waals surface area contributed by atoms with Crippen LogP contribution < -0.4 is 11.1 Å². The Labute approximate surface area is 184 Å². The molecule has 0 aromatic carbocycles. The van der Waals surface area contributed by atoms with Crippen LogP contribution in [0.5, 0.6) is 0 Å². The first kappa shape index (κ1) is 22.5. The summed E-state index contributed by atoms with van der Waals surface area (Å²) in [7, 11) is 0. The number of aromatic nitrogens is 1. The fourth-order valence-electron chi connectivity index (χ4n) is 3.57. The molecule has 3 N–H and O–H groups in total. The SMILES string of the molecule is C=C(/C=C(\C=C/C)NC(=O)c1ccc(Cl)cn1)[C@]12CO[C@@H](C)C[C@@]1(F)CSC(N)=N2. The van der Waals surface area contributed by atoms with E-state index in [-0.39, 0.29) is 35.7 Å². The van der Waals surface area contributed by atoms with Gasteiger partial charge in [-0.2, -0.15) is 0 Å². The molecule has 0 aliphatic carbocycles. The minimum absolute atomic E-state index is 0.0249. The van der Waals surface area contributed by atoms with Gasteiger partial charge in [0.2, 0.25) is 0 Å². The monoisotopic (exact) mass is 450 g/mol. The van der Waals surface area contributed by atoms with E-state index in [1.807, 2.05) is 6.92 Å². The highest BCUT2D eigenvalue weighted by atomic mass is 35.5. The first-order valence-electron chi connectivity index (χ1n) is 9.44. The van der Waals surface area contributed by atoms with E-state index >= 15 is 4.39 Å². The van der Waals surface area contributed by atoms with E-state index in [9.17, 15) is 4.79 Å². The third kappa shape index (κ3) is 4.45. The van der Waals surface area contributed by atoms with E-state index in [4.69, 9.17) is 22.1 Å². The van der Waals surface area contributed by atoms with Gasteiger partial charge in [0.05, 0.1) is 17.7 Å². The number of carbonyl (C=O) groups is 1. The molecule has 2 aliphatic rings. The summed E-state index contributed by atoms with van der Waals surface area (Å²) in [6.07, 6.45) is 6.39. The lowest BCUT2D eigenvalue weighted by molar-refractivity contribution is -0.0884. The van der Waals surface area contributed by atoms with Crippen LogP contribution in [-0.2, 0) is 4.74 Å². The molecule has 6 nitrogen and oxygen atoms in total. The summed E-state index contributed by atoms with van der Waals surface area (Å²) in [5, 5.41) is 3.49. The number of ether oxygens (including phenoxy) is 1. The number of amides is 1. The van der Waals surface area contributed by atoms with Gasteiger partial charge in [-0.25, -0.2) is 14.4 Å². The molecule has 0 bridgehead atoms. The number of nitrogens with two attached hydrogens (primary N) is 1. The van der Waals surface area contributed by atoms with Gasteiger partial charge in [-0.3, -0.25) is 4.79 Å². The molecule has 1 aromatic rings. The topological polar surface area (TPSA) is 89.6 Å². The van der Waals surface area contributed by atoms with Crippen molar-refractivity contribution >= 4 is 34.4 Å². The molecule has 3 atom stereocenters. The Hall–Kier alpha value is -2.16. The molecule has 3 heterocycles. The van der Waals surface area contributed by atoms with Crippen molar-refractivity contribution in [2.24, 2.45) is 10.7 Å². The second kappa shape index (κ2) is 8.91. The minimum Gasteiger partial charge on any atom is -0.379 e. The van der Waals surface area contributed by atoms with Crippen LogP contribution in [0.15, 0.2) is 59.4 Å². The summed E-state index contributed by atoms with van der Waals surface area (Å²) < 4.78 is 21.8. The first-order valence-corrected chi connectivity index (χ1v) is 10.8. The maximum atomic E-state index is 16.1. The maximum absolute atomic E-state index is 16.1. The number of aliphatic imine (C=N–C) groups is 1. The summed E-state index contributed by atoms with van der Waals surface area (Å²) >= 11 is 7.02. The van der Waals surface area contributed by atoms with Crippen LogP contribution in [0.2, 0.25) is 5.02 Å². The van der Waals surface area contributed by atoms with Crippen LogP contribution in [0.4, 0.5) is 4.39 Å². The van der Waals surface area contributed by atoms with Crippen molar-refractivity contribution in [1.29, 1.82) is 0 Å². The zero-order valence-electron chi connectivity index (χ0n) is 16.8. The van der Waals surface area contributed by atoms with Crippen LogP contribution in [0.3, 0.4) is 0 Å². The standard InChI is InChI=1S/C21H24ClFN4O2S/c1-4-5-16(26-18(28)17-7-6-15(22)10-25-17)8-13(2)21-11-29-14(3)9-20(21,23)12-30-19(24)27-21/h4-8,10,14H,2,9,11-12H2,1,3H3,(H2,24,27)(H,26,28)/b5-4-,16-8+/t14-,20+,21+/m0/s1. The van der Waals surface area contributed by atoms with E-state index in [1.165, 1.54) is 24.0 Å². The Morgan fingerprint density at radius 2 is 2.30 bits per heavy atom. The molecule has 160 valence electrons. The molecular weight excluding hydrogens is 427 g/mol. The van der Waals surface area contributed by atoms with Crippen molar-refractivity contribution in [3.05, 3.63) is 65.1 Å². The molecule has 2 aliphatic heterocycles. The number of hydrogen-bond acceptors (Lipinski definition) is 6. The Morgan fingerprint density at radius 1 is 1.53 bits per heavy atom. The fraction of sp³-hybridized carbons (Fsp3) is 0.381. The van der Waals surface area contributed by atoms with Crippen molar-refractivity contribution in [3.8, 4) is 0 Å². The number of allylic oxidation sites excluding steroid dienone is 2. The fourth-order valence-corrected chi connectivity index (χ4v) is 4.63. The smallest absolute Gasteiger partial charge is 0.274 e. The number of alkyl halides is 1. The lowest BCUT2D eigenvalue weighted by Crippen LogP contribution is -2.63. The van der Waals surface area contributed by atoms with Crippen LogP contribution in [0.25, 0.3) is 0 Å². The summed E-state index contributed by atoms with van der Waals surface area (Å²) in [5.74, 6) is -0.258. The molecule has 0 spiro atoms. The van der Waals surface area contributed by atoms with Gasteiger partial charge in [-0.05, 0) is 43.7 Å². The van der Waals surface area contributed by atoms with E-state index < -0.39 is 17.1 Å². The molecule has 1 saturated heterocycles. The molecule has 9 heteroatoms. The molecule has 1 amide bonds. The molecule has 3 rings (SSSR count). The van der Waals surface area contributed by atoms with E-state index in [2.05, 4.69) is 21.9 Å². The lowest BCUT2D eigenvalue weighted by atomic mass is 9.72. The third-order valence-electron chi connectivity index (χ3n) is 5.10. The Balaban J connectivity index is 1.92. The Kier molecular flexibility index (Phi) is 6.69. The van der Waals surface area contributed by atoms with E-state index in [1.54, 1.807) is 31.2 Å². The quantitative estimate of drug-likeness (QED) is 0.666. The number of pyridine rings is 1. The largest absolute Gasteiger partial charge is 0.379 e. The molecule has 0 saturated carbocycles. The third-order valence-corrected chi connectivity index (χ3v) is 6.32. The highest BCUT2D eigenvalue weighted by molar-refractivity contribution is 8.13. The number of thioether (sulfide) groups is 1. The minimum atomic E-state index is -1.66. The predicted octanol–water partition coefficient (Wildman–Crippen LogP) is 3.80. The zero-order valence-corrected chi connectivity index (χ0v) is 18.4. The van der Waals surface area contributed by atoms with Gasteiger partial charge in [0, 0.05) is 24.1 Å². The maximum Gasteiger partial charge on any atom is 0.274 e. The molecular formula is C21H24ClFN4O2S. The molecule has 0 unspecified atom stereocenters. The first-order chi connectivity index (χ1) is 14.2. The van der Waals surface area contributed by atoms with Crippen LogP contribution in [-0.4, -0.2) is 45.7 Å². The number of amidine groups is 1. The van der Waals surface area contributed by atoms with Gasteiger partial charge in [0.25, 0.3) is 5.91 Å². The summed E-state index contributed by atoms with van der Waals surface area (Å²) in [4.78, 5) is 21.0. The number of fused-ring (bicyclic) bond motifs is 1. The number of halogens is 2. The number of rotatable bonds is 5. The summed E-state index contributed by atoms with van der Waals surface area (Å²) in [6, 6.07) is 3.10. The average Bonchev–Trinajstić information content (AvgIpc) is 2.69. The Bertz CT molecular complexity index is 933. The number of nitrogens with one attached hydrogen (secondary N) is 1. The average molecular weight is 451 g/mol. The van der Waals surface area contributed by atoms with Gasteiger partial charge in [-0.15, -0.1) is 0 Å². The summed E-state index contributed by atoms with van der Waals surface area (Å²) in [6.45, 7) is 7.75. The van der Waals surface area contributed by atoms with Gasteiger partial charge >= 0.3 is 0 Å². The van der Waals surface area contributed by atoms with Crippen LogP contribution in [0.1, 0.15) is 30.8 Å². The van der Waals surface area contributed by atoms with Crippen LogP contribution in [0, 0.1) is 0 Å². The number of nitrogens with zero attached hydrogens (tertiary/aromatic N) is 2. The van der Waals surface area contributed by atoms with E-state index in [0.717, 1.165) is 0 Å². The molecule has 0 radical (unpaired) electrons. The Morgan fingerprint density at radius 3 is 2.97 bits per heavy atom. The van der Waals surface area contributed by atoms with Crippen LogP contribution >= 0.6 is 23.4 Å². The van der Waals surface area contributed by atoms with Crippen molar-refractivity contribution in [2.75, 3.05) is 12.4 Å². The highest BCUT2D eigenvalue weighted by Gasteiger charge is 2.59. The van der Waals surface area contributed by atoms with Gasteiger partial charge in [0.15, 0.2) is 10.8 Å². The van der Waals surface area contributed by atoms with Gasteiger partial charge < -0.3 is 15.8 Å². The summed E-state index contributed by atoms with van der Waals surface area (Å²) in [5.41, 5.74) is 3.94. The van der Waals surface area contributed by atoms with Crippen molar-refractivity contribution in [2.45, 2.75) is 37.6 Å². The van der Waals surface area contributed by atoms with Crippen molar-refractivity contribution in [3.63, 3.8) is 0 Å². The molecule has 1 aromatic heterocycles. The predicted molar refractivity (Wildman–Crippen MR) is 119 cm³/mol. The van der Waals surface area contributed by atoms with Gasteiger partial charge in [0.1, 0.15) is 11.2 Å². The van der Waals surface area contributed by atoms with Gasteiger partial charge in [-0.1, -0.05) is 36.0 Å². The zero-order chi connectivity index (χ0) is 21.9. The normalized spacial score (nSPS) is 29.3. The highest BCUT2D eigenvalue weighted by Crippen LogP contribution is 2.48. The van der Waals surface area contributed by atoms with E-state index in [0.29, 0.717) is 16.3 Å². The molecule has 30 heavy (non-hydrogen) atoms. The number of hydrogen-bond donors (Lipinski definition) is 2.